The summed E-state index contributed by atoms with van der Waals surface area (Å²) in [5.74, 6) is 0.863. The summed E-state index contributed by atoms with van der Waals surface area (Å²) >= 11 is 0. The largest absolute Gasteiger partial charge is 0.385 e. The summed E-state index contributed by atoms with van der Waals surface area (Å²) in [5.41, 5.74) is 0. The molecule has 102 valence electrons. The molecule has 0 bridgehead atoms. The van der Waals surface area contributed by atoms with Crippen molar-refractivity contribution >= 4 is 0 Å². The van der Waals surface area contributed by atoms with Crippen molar-refractivity contribution in [2.45, 2.75) is 32.6 Å². The van der Waals surface area contributed by atoms with Gasteiger partial charge in [-0.2, -0.15) is 0 Å². The number of piperazine rings is 1. The molecule has 1 saturated heterocycles. The maximum atomic E-state index is 5.17. The van der Waals surface area contributed by atoms with Gasteiger partial charge in [0.15, 0.2) is 0 Å². The van der Waals surface area contributed by atoms with Crippen LogP contribution in [0.4, 0.5) is 0 Å². The van der Waals surface area contributed by atoms with E-state index in [0.717, 1.165) is 12.5 Å². The lowest BCUT2D eigenvalue weighted by Gasteiger charge is -2.32. The van der Waals surface area contributed by atoms with Gasteiger partial charge in [0.2, 0.25) is 0 Å². The maximum absolute atomic E-state index is 5.17. The molecule has 0 aromatic heterocycles. The van der Waals surface area contributed by atoms with Crippen LogP contribution in [0.1, 0.15) is 32.6 Å². The first-order valence-electron chi connectivity index (χ1n) is 7.16. The number of rotatable bonds is 8. The van der Waals surface area contributed by atoms with Gasteiger partial charge in [-0.05, 0) is 38.8 Å². The van der Waals surface area contributed by atoms with Gasteiger partial charge in [-0.3, -0.25) is 0 Å². The fourth-order valence-electron chi connectivity index (χ4n) is 2.51. The lowest BCUT2D eigenvalue weighted by molar-refractivity contribution is 0.145. The van der Waals surface area contributed by atoms with Gasteiger partial charge in [-0.1, -0.05) is 13.3 Å². The molecule has 3 nitrogen and oxygen atoms in total. The molecular weight excluding hydrogens is 212 g/mol. The van der Waals surface area contributed by atoms with Crippen molar-refractivity contribution in [3.8, 4) is 0 Å². The highest BCUT2D eigenvalue weighted by Gasteiger charge is 2.13. The number of methoxy groups -OCH3 is 1. The van der Waals surface area contributed by atoms with Crippen LogP contribution in [0.2, 0.25) is 0 Å². The summed E-state index contributed by atoms with van der Waals surface area (Å²) in [4.78, 5) is 5.03. The molecule has 1 rings (SSSR count). The lowest BCUT2D eigenvalue weighted by atomic mass is 9.97. The monoisotopic (exact) mass is 242 g/mol. The van der Waals surface area contributed by atoms with E-state index in [-0.39, 0.29) is 0 Å². The third kappa shape index (κ3) is 6.39. The van der Waals surface area contributed by atoms with E-state index in [1.165, 1.54) is 58.4 Å². The average molecular weight is 242 g/mol. The first kappa shape index (κ1) is 14.9. The van der Waals surface area contributed by atoms with Crippen molar-refractivity contribution in [3.05, 3.63) is 0 Å². The number of hydrogen-bond donors (Lipinski definition) is 0. The van der Waals surface area contributed by atoms with Crippen LogP contribution in [0.5, 0.6) is 0 Å². The molecule has 1 heterocycles. The Kier molecular flexibility index (Phi) is 7.82. The number of hydrogen-bond acceptors (Lipinski definition) is 3. The molecule has 0 aromatic rings. The third-order valence-corrected chi connectivity index (χ3v) is 3.99. The van der Waals surface area contributed by atoms with Gasteiger partial charge in [-0.15, -0.1) is 0 Å². The number of likely N-dealkylation sites (N-methyl/N-ethyl adjacent to an activating group) is 1. The second-order valence-corrected chi connectivity index (χ2v) is 5.34. The molecule has 3 heteroatoms. The molecule has 0 saturated carbocycles. The zero-order valence-electron chi connectivity index (χ0n) is 12.0. The molecule has 0 radical (unpaired) electrons. The first-order chi connectivity index (χ1) is 8.26. The first-order valence-corrected chi connectivity index (χ1v) is 7.16. The summed E-state index contributed by atoms with van der Waals surface area (Å²) in [6, 6.07) is 0. The zero-order valence-corrected chi connectivity index (χ0v) is 12.0. The van der Waals surface area contributed by atoms with Crippen LogP contribution in [0.25, 0.3) is 0 Å². The van der Waals surface area contributed by atoms with E-state index in [1.807, 2.05) is 0 Å². The Morgan fingerprint density at radius 2 is 1.82 bits per heavy atom. The summed E-state index contributed by atoms with van der Waals surface area (Å²) in [5, 5.41) is 0. The van der Waals surface area contributed by atoms with Gasteiger partial charge in [0.1, 0.15) is 0 Å². The van der Waals surface area contributed by atoms with Crippen LogP contribution < -0.4 is 0 Å². The van der Waals surface area contributed by atoms with Crippen LogP contribution in [0.15, 0.2) is 0 Å². The molecule has 0 unspecified atom stereocenters. The third-order valence-electron chi connectivity index (χ3n) is 3.99. The second kappa shape index (κ2) is 8.90. The van der Waals surface area contributed by atoms with E-state index < -0.39 is 0 Å². The molecule has 0 spiro atoms. The fraction of sp³-hybridized carbons (Fsp3) is 1.00. The van der Waals surface area contributed by atoms with Gasteiger partial charge in [0, 0.05) is 39.9 Å². The van der Waals surface area contributed by atoms with Crippen molar-refractivity contribution in [3.63, 3.8) is 0 Å². The molecular formula is C14H30N2O. The number of nitrogens with zero attached hydrogens (tertiary/aromatic N) is 2. The minimum Gasteiger partial charge on any atom is -0.385 e. The minimum absolute atomic E-state index is 0.863. The van der Waals surface area contributed by atoms with Crippen LogP contribution in [0, 0.1) is 5.92 Å². The highest BCUT2D eigenvalue weighted by atomic mass is 16.5. The van der Waals surface area contributed by atoms with Crippen LogP contribution in [0.3, 0.4) is 0 Å². The quantitative estimate of drug-likeness (QED) is 0.648. The molecule has 1 aliphatic rings. The smallest absolute Gasteiger partial charge is 0.0464 e. The van der Waals surface area contributed by atoms with Gasteiger partial charge in [0.25, 0.3) is 0 Å². The SMILES string of the molecule is CC[C@H](CCCN1CCN(C)CC1)CCOC. The molecule has 17 heavy (non-hydrogen) atoms. The Morgan fingerprint density at radius 3 is 2.41 bits per heavy atom. The fourth-order valence-corrected chi connectivity index (χ4v) is 2.51. The summed E-state index contributed by atoms with van der Waals surface area (Å²) in [7, 11) is 4.02. The molecule has 1 aliphatic heterocycles. The summed E-state index contributed by atoms with van der Waals surface area (Å²) < 4.78 is 5.17. The highest BCUT2D eigenvalue weighted by Crippen LogP contribution is 2.16. The standard InChI is InChI=1S/C14H30N2O/c1-4-14(7-13-17-3)6-5-8-16-11-9-15(2)10-12-16/h14H,4-13H2,1-3H3/t14-/m1/s1. The predicted molar refractivity (Wildman–Crippen MR) is 73.4 cm³/mol. The van der Waals surface area contributed by atoms with Crippen LogP contribution in [-0.2, 0) is 4.74 Å². The van der Waals surface area contributed by atoms with E-state index in [2.05, 4.69) is 23.8 Å². The van der Waals surface area contributed by atoms with E-state index in [9.17, 15) is 0 Å². The molecule has 1 atom stereocenters. The minimum atomic E-state index is 0.863. The van der Waals surface area contributed by atoms with Gasteiger partial charge >= 0.3 is 0 Å². The van der Waals surface area contributed by atoms with Gasteiger partial charge < -0.3 is 14.5 Å². The topological polar surface area (TPSA) is 15.7 Å². The summed E-state index contributed by atoms with van der Waals surface area (Å²) in [6.07, 6.45) is 5.25. The lowest BCUT2D eigenvalue weighted by Crippen LogP contribution is -2.44. The Labute approximate surface area is 107 Å². The molecule has 0 amide bonds. The maximum Gasteiger partial charge on any atom is 0.0464 e. The average Bonchev–Trinajstić information content (AvgIpc) is 2.36. The Bertz CT molecular complexity index is 174. The van der Waals surface area contributed by atoms with Crippen LogP contribution in [-0.4, -0.2) is 63.3 Å². The Hall–Kier alpha value is -0.120. The van der Waals surface area contributed by atoms with E-state index >= 15 is 0 Å². The van der Waals surface area contributed by atoms with Crippen molar-refractivity contribution in [2.75, 3.05) is 53.5 Å². The predicted octanol–water partition coefficient (Wildman–Crippen LogP) is 2.08. The highest BCUT2D eigenvalue weighted by molar-refractivity contribution is 4.69. The summed E-state index contributed by atoms with van der Waals surface area (Å²) in [6.45, 7) is 9.50. The van der Waals surface area contributed by atoms with Crippen molar-refractivity contribution in [1.82, 2.24) is 9.80 Å². The normalized spacial score (nSPS) is 20.6. The van der Waals surface area contributed by atoms with E-state index in [4.69, 9.17) is 4.74 Å². The van der Waals surface area contributed by atoms with Gasteiger partial charge in [0.05, 0.1) is 0 Å². The second-order valence-electron chi connectivity index (χ2n) is 5.34. The van der Waals surface area contributed by atoms with Crippen LogP contribution >= 0.6 is 0 Å². The number of ether oxygens (including phenoxy) is 1. The van der Waals surface area contributed by atoms with Gasteiger partial charge in [-0.25, -0.2) is 0 Å². The Morgan fingerprint density at radius 1 is 1.12 bits per heavy atom. The zero-order chi connectivity index (χ0) is 12.5. The van der Waals surface area contributed by atoms with Crippen molar-refractivity contribution in [2.24, 2.45) is 5.92 Å². The molecule has 0 aliphatic carbocycles. The van der Waals surface area contributed by atoms with E-state index in [0.29, 0.717) is 0 Å². The van der Waals surface area contributed by atoms with Crippen molar-refractivity contribution in [1.29, 1.82) is 0 Å². The molecule has 0 aromatic carbocycles. The molecule has 0 N–H and O–H groups in total. The van der Waals surface area contributed by atoms with E-state index in [1.54, 1.807) is 7.11 Å². The van der Waals surface area contributed by atoms with Crippen molar-refractivity contribution < 1.29 is 4.74 Å². The Balaban J connectivity index is 2.05. The molecule has 1 fully saturated rings.